The minimum atomic E-state index is -3.85. The summed E-state index contributed by atoms with van der Waals surface area (Å²) >= 11 is 1.36. The van der Waals surface area contributed by atoms with E-state index in [0.717, 1.165) is 10.5 Å². The van der Waals surface area contributed by atoms with Crippen LogP contribution in [0.15, 0.2) is 52.4 Å². The van der Waals surface area contributed by atoms with E-state index in [1.54, 1.807) is 35.4 Å². The van der Waals surface area contributed by atoms with E-state index in [2.05, 4.69) is 20.0 Å². The molecule has 1 aromatic carbocycles. The van der Waals surface area contributed by atoms with Crippen LogP contribution in [0.5, 0.6) is 5.88 Å². The van der Waals surface area contributed by atoms with Gasteiger partial charge in [-0.05, 0) is 35.7 Å². The lowest BCUT2D eigenvalue weighted by Gasteiger charge is -2.29. The molecule has 0 radical (unpaired) electrons. The van der Waals surface area contributed by atoms with Crippen molar-refractivity contribution in [2.24, 2.45) is 5.41 Å². The van der Waals surface area contributed by atoms with E-state index < -0.39 is 27.6 Å². The van der Waals surface area contributed by atoms with Crippen LogP contribution in [-0.2, 0) is 19.6 Å². The molecule has 1 saturated heterocycles. The number of hydrogen-bond acceptors (Lipinski definition) is 9. The van der Waals surface area contributed by atoms with Gasteiger partial charge in [-0.2, -0.15) is 0 Å². The molecule has 0 aliphatic carbocycles. The summed E-state index contributed by atoms with van der Waals surface area (Å²) in [5.74, 6) is 0.561. The Hall–Kier alpha value is -3.42. The maximum atomic E-state index is 13.0. The zero-order valence-electron chi connectivity index (χ0n) is 21.1. The zero-order valence-corrected chi connectivity index (χ0v) is 22.7. The Kier molecular flexibility index (Phi) is 6.92. The van der Waals surface area contributed by atoms with Gasteiger partial charge >= 0.3 is 6.09 Å². The normalized spacial score (nSPS) is 17.8. The monoisotopic (exact) mass is 557 g/mol. The molecule has 13 heteroatoms. The quantitative estimate of drug-likeness (QED) is 0.427. The van der Waals surface area contributed by atoms with E-state index in [0.29, 0.717) is 28.4 Å². The third-order valence-electron chi connectivity index (χ3n) is 6.29. The average Bonchev–Trinajstić information content (AvgIpc) is 3.25. The number of pyridine rings is 2. The number of anilines is 1. The van der Waals surface area contributed by atoms with Gasteiger partial charge in [0.2, 0.25) is 21.8 Å². The number of carbonyl (C=O) groups is 2. The largest absolute Gasteiger partial charge is 0.481 e. The summed E-state index contributed by atoms with van der Waals surface area (Å²) in [6.45, 7) is 4.37. The summed E-state index contributed by atoms with van der Waals surface area (Å²) in [4.78, 5) is 35.7. The molecule has 2 amide bonds. The topological polar surface area (TPSA) is 140 Å². The highest BCUT2D eigenvalue weighted by atomic mass is 32.2. The molecule has 1 fully saturated rings. The van der Waals surface area contributed by atoms with Gasteiger partial charge in [-0.1, -0.05) is 13.8 Å². The molecular weight excluding hydrogens is 530 g/mol. The molecule has 2 aliphatic rings. The number of amides is 2. The first-order chi connectivity index (χ1) is 18.0. The van der Waals surface area contributed by atoms with Crippen molar-refractivity contribution in [2.75, 3.05) is 37.8 Å². The predicted octanol–water partition coefficient (Wildman–Crippen LogP) is 3.18. The van der Waals surface area contributed by atoms with Gasteiger partial charge in [-0.3, -0.25) is 9.78 Å². The van der Waals surface area contributed by atoms with Gasteiger partial charge in [0.05, 0.1) is 41.0 Å². The molecule has 4 heterocycles. The third-order valence-corrected chi connectivity index (χ3v) is 8.76. The van der Waals surface area contributed by atoms with Crippen molar-refractivity contribution >= 4 is 50.5 Å². The van der Waals surface area contributed by atoms with Gasteiger partial charge in [0.15, 0.2) is 0 Å². The van der Waals surface area contributed by atoms with Crippen molar-refractivity contribution in [2.45, 2.75) is 29.7 Å². The van der Waals surface area contributed by atoms with Crippen molar-refractivity contribution < 1.29 is 27.5 Å². The van der Waals surface area contributed by atoms with Crippen LogP contribution in [0.4, 0.5) is 10.5 Å². The van der Waals surface area contributed by atoms with E-state index >= 15 is 0 Å². The first kappa shape index (κ1) is 26.2. The second kappa shape index (κ2) is 10.0. The fourth-order valence-electron chi connectivity index (χ4n) is 4.38. The highest BCUT2D eigenvalue weighted by Crippen LogP contribution is 2.34. The van der Waals surface area contributed by atoms with Crippen molar-refractivity contribution in [1.29, 1.82) is 0 Å². The van der Waals surface area contributed by atoms with Gasteiger partial charge in [0, 0.05) is 35.8 Å². The Bertz CT molecular complexity index is 1530. The van der Waals surface area contributed by atoms with Crippen LogP contribution in [0, 0.1) is 5.41 Å². The number of benzene rings is 1. The number of cyclic esters (lactones) is 1. The number of thioether (sulfide) groups is 1. The molecule has 0 spiro atoms. The zero-order chi connectivity index (χ0) is 27.1. The van der Waals surface area contributed by atoms with Crippen LogP contribution in [0.1, 0.15) is 25.5 Å². The Balaban J connectivity index is 1.26. The second-order valence-electron chi connectivity index (χ2n) is 9.86. The number of rotatable bonds is 8. The molecule has 0 unspecified atom stereocenters. The maximum absolute atomic E-state index is 13.0. The molecule has 2 N–H and O–H groups in total. The molecule has 5 rings (SSSR count). The Labute approximate surface area is 224 Å². The van der Waals surface area contributed by atoms with Gasteiger partial charge in [0.25, 0.3) is 0 Å². The third kappa shape index (κ3) is 5.40. The Morgan fingerprint density at radius 2 is 2.05 bits per heavy atom. The number of nitrogens with one attached hydrogen (secondary N) is 2. The molecule has 0 saturated carbocycles. The molecule has 1 atom stereocenters. The van der Waals surface area contributed by atoms with Crippen LogP contribution in [0.3, 0.4) is 0 Å². The van der Waals surface area contributed by atoms with Crippen LogP contribution in [-0.4, -0.2) is 67.8 Å². The highest BCUT2D eigenvalue weighted by molar-refractivity contribution is 8.00. The molecule has 2 aromatic heterocycles. The number of aromatic nitrogens is 2. The Morgan fingerprint density at radius 1 is 1.24 bits per heavy atom. The Morgan fingerprint density at radius 3 is 2.84 bits per heavy atom. The molecule has 0 bridgehead atoms. The van der Waals surface area contributed by atoms with Gasteiger partial charge in [-0.15, -0.1) is 11.8 Å². The standard InChI is InChI=1S/C25H27N5O6S2/c1-25(2,13-27-38(33,34)15-4-6-20-18(10-15)28-21(31)12-37-20)14-30-11-19(36-24(30)32)16-8-9-26-17-5-7-22(35-3)29-23(16)17/h4-10,19,27H,11-14H2,1-3H3,(H,28,31)/t19-/m0/s1. The number of sulfonamides is 1. The number of carbonyl (C=O) groups excluding carboxylic acids is 2. The minimum Gasteiger partial charge on any atom is -0.481 e. The molecule has 200 valence electrons. The van der Waals surface area contributed by atoms with Crippen LogP contribution < -0.4 is 14.8 Å². The van der Waals surface area contributed by atoms with Gasteiger partial charge in [-0.25, -0.2) is 22.9 Å². The van der Waals surface area contributed by atoms with E-state index in [1.807, 2.05) is 13.8 Å². The van der Waals surface area contributed by atoms with Crippen molar-refractivity contribution in [3.8, 4) is 5.88 Å². The summed E-state index contributed by atoms with van der Waals surface area (Å²) in [6.07, 6.45) is 0.608. The van der Waals surface area contributed by atoms with Crippen LogP contribution in [0.25, 0.3) is 11.0 Å². The number of methoxy groups -OCH3 is 1. The summed E-state index contributed by atoms with van der Waals surface area (Å²) in [5, 5.41) is 2.71. The van der Waals surface area contributed by atoms with Crippen LogP contribution in [0.2, 0.25) is 0 Å². The second-order valence-corrected chi connectivity index (χ2v) is 12.6. The smallest absolute Gasteiger partial charge is 0.410 e. The number of nitrogens with zero attached hydrogens (tertiary/aromatic N) is 3. The van der Waals surface area contributed by atoms with E-state index in [9.17, 15) is 18.0 Å². The van der Waals surface area contributed by atoms with Crippen LogP contribution >= 0.6 is 11.8 Å². The number of hydrogen-bond donors (Lipinski definition) is 2. The van der Waals surface area contributed by atoms with Gasteiger partial charge < -0.3 is 19.7 Å². The van der Waals surface area contributed by atoms with Crippen molar-refractivity contribution in [3.63, 3.8) is 0 Å². The molecule has 3 aromatic rings. The maximum Gasteiger partial charge on any atom is 0.410 e. The minimum absolute atomic E-state index is 0.0583. The highest BCUT2D eigenvalue weighted by Gasteiger charge is 2.37. The van der Waals surface area contributed by atoms with E-state index in [1.165, 1.54) is 31.0 Å². The lowest BCUT2D eigenvalue weighted by Crippen LogP contribution is -2.42. The predicted molar refractivity (Wildman–Crippen MR) is 142 cm³/mol. The average molecular weight is 558 g/mol. The van der Waals surface area contributed by atoms with Crippen molar-refractivity contribution in [1.82, 2.24) is 19.6 Å². The van der Waals surface area contributed by atoms with Gasteiger partial charge in [0.1, 0.15) is 6.10 Å². The molecule has 38 heavy (non-hydrogen) atoms. The summed E-state index contributed by atoms with van der Waals surface area (Å²) in [5.41, 5.74) is 1.85. The van der Waals surface area contributed by atoms with Crippen molar-refractivity contribution in [3.05, 3.63) is 48.2 Å². The lowest BCUT2D eigenvalue weighted by molar-refractivity contribution is -0.113. The lowest BCUT2D eigenvalue weighted by atomic mass is 9.93. The number of ether oxygens (including phenoxy) is 2. The van der Waals surface area contributed by atoms with E-state index in [4.69, 9.17) is 9.47 Å². The summed E-state index contributed by atoms with van der Waals surface area (Å²) in [6, 6.07) is 9.95. The van der Waals surface area contributed by atoms with E-state index in [-0.39, 0.29) is 30.4 Å². The fourth-order valence-corrected chi connectivity index (χ4v) is 6.43. The summed E-state index contributed by atoms with van der Waals surface area (Å²) in [7, 11) is -2.32. The SMILES string of the molecule is COc1ccc2nccc([C@@H]3CN(CC(C)(C)CNS(=O)(=O)c4ccc5c(c4)NC(=O)CS5)C(=O)O3)c2n1. The fraction of sp³-hybridized carbons (Fsp3) is 0.360. The molecule has 2 aliphatic heterocycles. The molecule has 11 nitrogen and oxygen atoms in total. The molecular formula is C25H27N5O6S2. The number of fused-ring (bicyclic) bond motifs is 2. The summed E-state index contributed by atoms with van der Waals surface area (Å²) < 4.78 is 39.5. The first-order valence-corrected chi connectivity index (χ1v) is 14.3. The first-order valence-electron chi connectivity index (χ1n) is 11.9.